The predicted octanol–water partition coefficient (Wildman–Crippen LogP) is -0.690. The van der Waals surface area contributed by atoms with E-state index in [0.717, 1.165) is 26.2 Å². The van der Waals surface area contributed by atoms with Crippen LogP contribution in [0, 0.1) is 11.3 Å². The molecule has 1 aliphatic heterocycles. The smallest absolute Gasteiger partial charge is 0.240 e. The van der Waals surface area contributed by atoms with Gasteiger partial charge in [0.25, 0.3) is 0 Å². The molecule has 0 radical (unpaired) electrons. The minimum Gasteiger partial charge on any atom is -0.341 e. The number of nitrogens with zero attached hydrogens (tertiary/aromatic N) is 2. The van der Waals surface area contributed by atoms with Crippen LogP contribution in [0.5, 0.6) is 0 Å². The van der Waals surface area contributed by atoms with E-state index in [1.807, 2.05) is 19.9 Å². The van der Waals surface area contributed by atoms with Gasteiger partial charge in [0.2, 0.25) is 5.91 Å². The Labute approximate surface area is 90.4 Å². The third-order valence-electron chi connectivity index (χ3n) is 2.79. The van der Waals surface area contributed by atoms with E-state index in [-0.39, 0.29) is 12.5 Å². The first-order valence-electron chi connectivity index (χ1n) is 5.20. The minimum atomic E-state index is -0.529. The molecular weight excluding hydrogens is 192 g/mol. The van der Waals surface area contributed by atoms with Gasteiger partial charge in [-0.3, -0.25) is 9.69 Å². The number of carbonyl (C=O) groups is 1. The van der Waals surface area contributed by atoms with E-state index in [1.165, 1.54) is 0 Å². The highest BCUT2D eigenvalue weighted by atomic mass is 16.2. The Morgan fingerprint density at radius 2 is 2.13 bits per heavy atom. The van der Waals surface area contributed by atoms with Crippen molar-refractivity contribution in [2.45, 2.75) is 19.4 Å². The lowest BCUT2D eigenvalue weighted by molar-refractivity contribution is -0.131. The van der Waals surface area contributed by atoms with Crippen LogP contribution in [0.15, 0.2) is 0 Å². The Kier molecular flexibility index (Phi) is 4.06. The molecule has 2 N–H and O–H groups in total. The summed E-state index contributed by atoms with van der Waals surface area (Å²) in [4.78, 5) is 13.9. The average Bonchev–Trinajstić information content (AvgIpc) is 2.27. The van der Waals surface area contributed by atoms with Gasteiger partial charge in [-0.1, -0.05) is 0 Å². The molecule has 0 aliphatic carbocycles. The van der Waals surface area contributed by atoms with E-state index in [9.17, 15) is 4.79 Å². The lowest BCUT2D eigenvalue weighted by Crippen LogP contribution is -2.60. The number of rotatable bonds is 3. The monoisotopic (exact) mass is 210 g/mol. The molecule has 0 atom stereocenters. The zero-order valence-corrected chi connectivity index (χ0v) is 9.34. The maximum absolute atomic E-state index is 11.8. The molecule has 1 amide bonds. The van der Waals surface area contributed by atoms with Crippen LogP contribution in [-0.2, 0) is 4.79 Å². The van der Waals surface area contributed by atoms with Gasteiger partial charge >= 0.3 is 0 Å². The van der Waals surface area contributed by atoms with E-state index in [0.29, 0.717) is 0 Å². The largest absolute Gasteiger partial charge is 0.341 e. The van der Waals surface area contributed by atoms with Gasteiger partial charge in [-0.2, -0.15) is 5.26 Å². The molecule has 0 spiro atoms. The highest BCUT2D eigenvalue weighted by Gasteiger charge is 2.34. The molecule has 0 unspecified atom stereocenters. The Morgan fingerprint density at radius 1 is 1.53 bits per heavy atom. The lowest BCUT2D eigenvalue weighted by Gasteiger charge is -2.39. The fourth-order valence-corrected chi connectivity index (χ4v) is 1.70. The summed E-state index contributed by atoms with van der Waals surface area (Å²) in [5, 5.41) is 14.3. The van der Waals surface area contributed by atoms with Gasteiger partial charge in [0.1, 0.15) is 6.54 Å². The van der Waals surface area contributed by atoms with Gasteiger partial charge in [-0.15, -0.1) is 0 Å². The van der Waals surface area contributed by atoms with Gasteiger partial charge in [0.15, 0.2) is 0 Å². The summed E-state index contributed by atoms with van der Waals surface area (Å²) < 4.78 is 0. The van der Waals surface area contributed by atoms with Gasteiger partial charge in [-0.25, -0.2) is 0 Å². The van der Waals surface area contributed by atoms with E-state index < -0.39 is 5.54 Å². The highest BCUT2D eigenvalue weighted by Crippen LogP contribution is 2.14. The molecule has 15 heavy (non-hydrogen) atoms. The normalized spacial score (nSPS) is 18.2. The first-order chi connectivity index (χ1) is 7.09. The zero-order chi connectivity index (χ0) is 11.3. The highest BCUT2D eigenvalue weighted by molar-refractivity contribution is 5.85. The van der Waals surface area contributed by atoms with E-state index in [4.69, 9.17) is 5.26 Å². The Bertz CT molecular complexity index is 263. The molecule has 0 saturated carbocycles. The summed E-state index contributed by atoms with van der Waals surface area (Å²) in [5.74, 6) is -0.0778. The number of hydrogen-bond donors (Lipinski definition) is 2. The van der Waals surface area contributed by atoms with Crippen molar-refractivity contribution in [2.75, 3.05) is 32.7 Å². The third kappa shape index (κ3) is 2.91. The van der Waals surface area contributed by atoms with Crippen molar-refractivity contribution in [1.29, 1.82) is 5.26 Å². The van der Waals surface area contributed by atoms with Crippen molar-refractivity contribution in [1.82, 2.24) is 15.5 Å². The summed E-state index contributed by atoms with van der Waals surface area (Å²) in [7, 11) is 0. The summed E-state index contributed by atoms with van der Waals surface area (Å²) in [6, 6.07) is 1.91. The fourth-order valence-electron chi connectivity index (χ4n) is 1.70. The summed E-state index contributed by atoms with van der Waals surface area (Å²) >= 11 is 0. The number of amides is 1. The molecule has 1 heterocycles. The molecule has 0 aromatic rings. The third-order valence-corrected chi connectivity index (χ3v) is 2.79. The van der Waals surface area contributed by atoms with Crippen LogP contribution in [0.2, 0.25) is 0 Å². The molecule has 1 saturated heterocycles. The Hall–Kier alpha value is -1.12. The Balaban J connectivity index is 2.55. The van der Waals surface area contributed by atoms with E-state index in [2.05, 4.69) is 15.5 Å². The number of piperazine rings is 1. The number of carbonyl (C=O) groups excluding carboxylic acids is 1. The molecule has 1 fully saturated rings. The zero-order valence-electron chi connectivity index (χ0n) is 9.34. The van der Waals surface area contributed by atoms with Crippen LogP contribution in [-0.4, -0.2) is 49.1 Å². The van der Waals surface area contributed by atoms with Crippen LogP contribution in [0.25, 0.3) is 0 Å². The second-order valence-electron chi connectivity index (χ2n) is 4.14. The molecule has 0 aromatic carbocycles. The topological polar surface area (TPSA) is 68.2 Å². The maximum atomic E-state index is 11.8. The second-order valence-corrected chi connectivity index (χ2v) is 4.14. The van der Waals surface area contributed by atoms with E-state index in [1.54, 1.807) is 0 Å². The molecule has 0 bridgehead atoms. The van der Waals surface area contributed by atoms with Crippen LogP contribution >= 0.6 is 0 Å². The van der Waals surface area contributed by atoms with Gasteiger partial charge in [0, 0.05) is 26.2 Å². The van der Waals surface area contributed by atoms with Crippen molar-refractivity contribution >= 4 is 5.91 Å². The van der Waals surface area contributed by atoms with Crippen LogP contribution in [0.4, 0.5) is 0 Å². The second kappa shape index (κ2) is 5.10. The van der Waals surface area contributed by atoms with Crippen LogP contribution < -0.4 is 10.6 Å². The molecule has 84 valence electrons. The SMILES string of the molecule is CC(C)(C(=O)NCC#N)N1CCNCC1. The van der Waals surface area contributed by atoms with Gasteiger partial charge < -0.3 is 10.6 Å². The van der Waals surface area contributed by atoms with Crippen LogP contribution in [0.3, 0.4) is 0 Å². The quantitative estimate of drug-likeness (QED) is 0.605. The van der Waals surface area contributed by atoms with Crippen molar-refractivity contribution in [3.05, 3.63) is 0 Å². The molecule has 5 nitrogen and oxygen atoms in total. The molecule has 5 heteroatoms. The van der Waals surface area contributed by atoms with Crippen molar-refractivity contribution in [3.63, 3.8) is 0 Å². The summed E-state index contributed by atoms with van der Waals surface area (Å²) in [5.41, 5.74) is -0.529. The first-order valence-corrected chi connectivity index (χ1v) is 5.20. The first kappa shape index (κ1) is 12.0. The number of nitriles is 1. The molecule has 0 aromatic heterocycles. The standard InChI is InChI=1S/C10H18N4O/c1-10(2,9(15)13-4-3-11)14-7-5-12-6-8-14/h12H,4-8H2,1-2H3,(H,13,15). The van der Waals surface area contributed by atoms with E-state index >= 15 is 0 Å². The van der Waals surface area contributed by atoms with Crippen LogP contribution in [0.1, 0.15) is 13.8 Å². The molecule has 1 aliphatic rings. The van der Waals surface area contributed by atoms with Gasteiger partial charge in [0.05, 0.1) is 11.6 Å². The molecule has 1 rings (SSSR count). The molecular formula is C10H18N4O. The Morgan fingerprint density at radius 3 is 2.67 bits per heavy atom. The predicted molar refractivity (Wildman–Crippen MR) is 57.1 cm³/mol. The lowest BCUT2D eigenvalue weighted by atomic mass is 10.0. The van der Waals surface area contributed by atoms with Crippen molar-refractivity contribution in [2.24, 2.45) is 0 Å². The number of nitrogens with one attached hydrogen (secondary N) is 2. The summed E-state index contributed by atoms with van der Waals surface area (Å²) in [6.07, 6.45) is 0. The minimum absolute atomic E-state index is 0.0777. The van der Waals surface area contributed by atoms with Crippen molar-refractivity contribution in [3.8, 4) is 6.07 Å². The summed E-state index contributed by atoms with van der Waals surface area (Å²) in [6.45, 7) is 7.42. The number of hydrogen-bond acceptors (Lipinski definition) is 4. The van der Waals surface area contributed by atoms with Crippen molar-refractivity contribution < 1.29 is 4.79 Å². The fraction of sp³-hybridized carbons (Fsp3) is 0.800. The van der Waals surface area contributed by atoms with Gasteiger partial charge in [-0.05, 0) is 13.8 Å². The average molecular weight is 210 g/mol. The maximum Gasteiger partial charge on any atom is 0.240 e.